The van der Waals surface area contributed by atoms with Gasteiger partial charge in [-0.2, -0.15) is 5.10 Å². The zero-order chi connectivity index (χ0) is 19.9. The Bertz CT molecular complexity index is 804. The Morgan fingerprint density at radius 1 is 1.04 bits per heavy atom. The summed E-state index contributed by atoms with van der Waals surface area (Å²) in [6, 6.07) is 14.8. The van der Waals surface area contributed by atoms with E-state index in [1.807, 2.05) is 24.3 Å². The number of nitrogens with one attached hydrogen (secondary N) is 2. The van der Waals surface area contributed by atoms with Crippen molar-refractivity contribution >= 4 is 23.7 Å². The molecule has 2 N–H and O–H groups in total. The van der Waals surface area contributed by atoms with Crippen LogP contribution in [-0.4, -0.2) is 24.6 Å². The lowest BCUT2D eigenvalue weighted by Crippen LogP contribution is -2.24. The van der Waals surface area contributed by atoms with E-state index in [2.05, 4.69) is 36.6 Å². The van der Waals surface area contributed by atoms with Gasteiger partial charge < -0.3 is 10.1 Å². The smallest absolute Gasteiger partial charge is 0.277 e. The van der Waals surface area contributed by atoms with Gasteiger partial charge in [-0.15, -0.1) is 0 Å². The molecule has 0 saturated heterocycles. The van der Waals surface area contributed by atoms with Gasteiger partial charge in [0.25, 0.3) is 5.91 Å². The van der Waals surface area contributed by atoms with Crippen LogP contribution in [0.25, 0.3) is 0 Å². The molecular weight excluding hydrogens is 342 g/mol. The topological polar surface area (TPSA) is 79.8 Å². The molecule has 0 spiro atoms. The lowest BCUT2D eigenvalue weighted by Gasteiger charge is -2.19. The van der Waals surface area contributed by atoms with E-state index in [0.29, 0.717) is 11.4 Å². The van der Waals surface area contributed by atoms with E-state index in [0.717, 1.165) is 5.56 Å². The Balaban J connectivity index is 1.78. The standard InChI is InChI=1S/C21H25N3O3/c1-15(25)23-18-9-5-16(6-10-18)13-22-24-20(26)14-27-19-11-7-17(8-12-19)21(2,3)4/h5-13H,14H2,1-4H3,(H,23,25)(H,24,26)/b22-13+. The lowest BCUT2D eigenvalue weighted by atomic mass is 9.87. The van der Waals surface area contributed by atoms with Crippen molar-refractivity contribution in [1.29, 1.82) is 0 Å². The van der Waals surface area contributed by atoms with Gasteiger partial charge >= 0.3 is 0 Å². The highest BCUT2D eigenvalue weighted by molar-refractivity contribution is 5.89. The van der Waals surface area contributed by atoms with E-state index in [1.165, 1.54) is 18.7 Å². The maximum absolute atomic E-state index is 11.8. The summed E-state index contributed by atoms with van der Waals surface area (Å²) in [5, 5.41) is 6.58. The van der Waals surface area contributed by atoms with Gasteiger partial charge in [0, 0.05) is 12.6 Å². The highest BCUT2D eigenvalue weighted by atomic mass is 16.5. The molecule has 142 valence electrons. The fourth-order valence-corrected chi connectivity index (χ4v) is 2.27. The fourth-order valence-electron chi connectivity index (χ4n) is 2.27. The van der Waals surface area contributed by atoms with E-state index in [1.54, 1.807) is 24.3 Å². The highest BCUT2D eigenvalue weighted by Gasteiger charge is 2.13. The van der Waals surface area contributed by atoms with Crippen molar-refractivity contribution in [3.05, 3.63) is 59.7 Å². The van der Waals surface area contributed by atoms with Gasteiger partial charge in [-0.1, -0.05) is 45.0 Å². The largest absolute Gasteiger partial charge is 0.484 e. The number of carbonyl (C=O) groups is 2. The van der Waals surface area contributed by atoms with E-state index >= 15 is 0 Å². The van der Waals surface area contributed by atoms with Crippen molar-refractivity contribution in [2.75, 3.05) is 11.9 Å². The Morgan fingerprint density at radius 3 is 2.22 bits per heavy atom. The van der Waals surface area contributed by atoms with Gasteiger partial charge in [0.2, 0.25) is 5.91 Å². The van der Waals surface area contributed by atoms with Crippen molar-refractivity contribution in [3.63, 3.8) is 0 Å². The molecule has 0 aromatic heterocycles. The average molecular weight is 367 g/mol. The van der Waals surface area contributed by atoms with Crippen LogP contribution in [0.1, 0.15) is 38.8 Å². The SMILES string of the molecule is CC(=O)Nc1ccc(/C=N/NC(=O)COc2ccc(C(C)(C)C)cc2)cc1. The number of hydrazone groups is 1. The van der Waals surface area contributed by atoms with E-state index < -0.39 is 0 Å². The quantitative estimate of drug-likeness (QED) is 0.606. The monoisotopic (exact) mass is 367 g/mol. The normalized spacial score (nSPS) is 11.3. The number of benzene rings is 2. The van der Waals surface area contributed by atoms with Gasteiger partial charge in [0.15, 0.2) is 6.61 Å². The molecular formula is C21H25N3O3. The first-order valence-corrected chi connectivity index (χ1v) is 8.67. The first-order chi connectivity index (χ1) is 12.7. The minimum Gasteiger partial charge on any atom is -0.484 e. The van der Waals surface area contributed by atoms with Crippen LogP contribution in [0.15, 0.2) is 53.6 Å². The molecule has 0 unspecified atom stereocenters. The van der Waals surface area contributed by atoms with Crippen LogP contribution in [0.2, 0.25) is 0 Å². The molecule has 0 fully saturated rings. The van der Waals surface area contributed by atoms with Gasteiger partial charge in [-0.25, -0.2) is 5.43 Å². The maximum atomic E-state index is 11.8. The molecule has 2 amide bonds. The summed E-state index contributed by atoms with van der Waals surface area (Å²) in [5.41, 5.74) is 5.19. The number of amides is 2. The second-order valence-corrected chi connectivity index (χ2v) is 7.16. The molecule has 0 radical (unpaired) electrons. The summed E-state index contributed by atoms with van der Waals surface area (Å²) in [5.74, 6) is 0.161. The van der Waals surface area contributed by atoms with Crippen molar-refractivity contribution in [3.8, 4) is 5.75 Å². The molecule has 6 nitrogen and oxygen atoms in total. The number of hydrogen-bond donors (Lipinski definition) is 2. The summed E-state index contributed by atoms with van der Waals surface area (Å²) in [6.07, 6.45) is 1.52. The molecule has 0 bridgehead atoms. The fraction of sp³-hybridized carbons (Fsp3) is 0.286. The van der Waals surface area contributed by atoms with E-state index in [9.17, 15) is 9.59 Å². The Hall–Kier alpha value is -3.15. The zero-order valence-corrected chi connectivity index (χ0v) is 16.1. The van der Waals surface area contributed by atoms with Crippen LogP contribution >= 0.6 is 0 Å². The third kappa shape index (κ3) is 6.93. The Morgan fingerprint density at radius 2 is 1.67 bits per heavy atom. The summed E-state index contributed by atoms with van der Waals surface area (Å²) in [4.78, 5) is 22.8. The number of carbonyl (C=O) groups excluding carboxylic acids is 2. The van der Waals surface area contributed by atoms with Gasteiger partial charge in [-0.3, -0.25) is 9.59 Å². The first kappa shape index (κ1) is 20.2. The molecule has 0 aliphatic rings. The summed E-state index contributed by atoms with van der Waals surface area (Å²) >= 11 is 0. The molecule has 6 heteroatoms. The molecule has 0 aliphatic carbocycles. The van der Waals surface area contributed by atoms with Gasteiger partial charge in [0.05, 0.1) is 6.21 Å². The predicted molar refractivity (Wildman–Crippen MR) is 107 cm³/mol. The molecule has 0 heterocycles. The van der Waals surface area contributed by atoms with Crippen LogP contribution in [0.4, 0.5) is 5.69 Å². The average Bonchev–Trinajstić information content (AvgIpc) is 2.60. The lowest BCUT2D eigenvalue weighted by molar-refractivity contribution is -0.123. The minimum atomic E-state index is -0.346. The molecule has 0 aliphatic heterocycles. The molecule has 2 rings (SSSR count). The summed E-state index contributed by atoms with van der Waals surface area (Å²) in [6.45, 7) is 7.75. The molecule has 27 heavy (non-hydrogen) atoms. The number of hydrogen-bond acceptors (Lipinski definition) is 4. The van der Waals surface area contributed by atoms with E-state index in [4.69, 9.17) is 4.74 Å². The number of rotatable bonds is 6. The summed E-state index contributed by atoms with van der Waals surface area (Å²) in [7, 11) is 0. The second kappa shape index (κ2) is 8.98. The van der Waals surface area contributed by atoms with Crippen LogP contribution in [0.3, 0.4) is 0 Å². The molecule has 2 aromatic carbocycles. The Labute approximate surface area is 159 Å². The van der Waals surface area contributed by atoms with Gasteiger partial charge in [0.1, 0.15) is 5.75 Å². The van der Waals surface area contributed by atoms with Crippen molar-refractivity contribution < 1.29 is 14.3 Å². The number of ether oxygens (including phenoxy) is 1. The highest BCUT2D eigenvalue weighted by Crippen LogP contribution is 2.24. The van der Waals surface area contributed by atoms with Crippen LogP contribution in [0, 0.1) is 0 Å². The molecule has 0 saturated carbocycles. The van der Waals surface area contributed by atoms with Crippen LogP contribution in [0.5, 0.6) is 5.75 Å². The maximum Gasteiger partial charge on any atom is 0.277 e. The van der Waals surface area contributed by atoms with Crippen LogP contribution in [-0.2, 0) is 15.0 Å². The van der Waals surface area contributed by atoms with Crippen molar-refractivity contribution in [2.24, 2.45) is 5.10 Å². The predicted octanol–water partition coefficient (Wildman–Crippen LogP) is 3.47. The minimum absolute atomic E-state index is 0.0744. The zero-order valence-electron chi connectivity index (χ0n) is 16.1. The number of anilines is 1. The van der Waals surface area contributed by atoms with Crippen molar-refractivity contribution in [1.82, 2.24) is 5.43 Å². The summed E-state index contributed by atoms with van der Waals surface area (Å²) < 4.78 is 5.46. The Kier molecular flexibility index (Phi) is 6.71. The van der Waals surface area contributed by atoms with Crippen LogP contribution < -0.4 is 15.5 Å². The third-order valence-corrected chi connectivity index (χ3v) is 3.72. The van der Waals surface area contributed by atoms with E-state index in [-0.39, 0.29) is 23.8 Å². The van der Waals surface area contributed by atoms with Gasteiger partial charge in [-0.05, 0) is 40.8 Å². The second-order valence-electron chi connectivity index (χ2n) is 7.16. The molecule has 2 aromatic rings. The van der Waals surface area contributed by atoms with Crippen molar-refractivity contribution in [2.45, 2.75) is 33.1 Å². The third-order valence-electron chi connectivity index (χ3n) is 3.72. The number of nitrogens with zero attached hydrogens (tertiary/aromatic N) is 1. The first-order valence-electron chi connectivity index (χ1n) is 8.67. The molecule has 0 atom stereocenters.